The van der Waals surface area contributed by atoms with E-state index in [1.165, 1.54) is 0 Å². The monoisotopic (exact) mass is 298 g/mol. The topological polar surface area (TPSA) is 54.0 Å². The largest absolute Gasteiger partial charge is 0.508 e. The molecule has 0 saturated carbocycles. The smallest absolute Gasteiger partial charge is 0.131 e. The summed E-state index contributed by atoms with van der Waals surface area (Å²) in [5, 5.41) is 13.0. The van der Waals surface area contributed by atoms with Crippen LogP contribution in [0.15, 0.2) is 12.1 Å². The number of methoxy groups -OCH3 is 2. The van der Waals surface area contributed by atoms with Crippen LogP contribution >= 0.6 is 0 Å². The molecule has 2 N–H and O–H groups in total. The van der Waals surface area contributed by atoms with Gasteiger partial charge in [-0.3, -0.25) is 9.29 Å². The quantitative estimate of drug-likeness (QED) is 0.837. The maximum Gasteiger partial charge on any atom is 0.131 e. The van der Waals surface area contributed by atoms with Gasteiger partial charge in [-0.15, -0.1) is 0 Å². The van der Waals surface area contributed by atoms with Crippen LogP contribution in [0, 0.1) is 0 Å². The normalized spacial score (nSPS) is 17.5. The van der Waals surface area contributed by atoms with Crippen LogP contribution in [0.4, 0.5) is 4.39 Å². The summed E-state index contributed by atoms with van der Waals surface area (Å²) in [5.74, 6) is 1.14. The van der Waals surface area contributed by atoms with Gasteiger partial charge in [0.25, 0.3) is 0 Å². The molecule has 0 radical (unpaired) electrons. The Morgan fingerprint density at radius 2 is 1.81 bits per heavy atom. The fraction of sp³-hybridized carbons (Fsp3) is 0.600. The number of ether oxygens (including phenoxy) is 2. The zero-order valence-electron chi connectivity index (χ0n) is 12.6. The Hall–Kier alpha value is -1.53. The van der Waals surface area contributed by atoms with E-state index in [1.807, 2.05) is 0 Å². The van der Waals surface area contributed by atoms with Crippen molar-refractivity contribution >= 4 is 0 Å². The SMILES string of the molecule is COc1cc(O)cc(OC)c1[C@@H](CCF)N1CCNCC1. The van der Waals surface area contributed by atoms with Gasteiger partial charge in [0.2, 0.25) is 0 Å². The summed E-state index contributed by atoms with van der Waals surface area (Å²) in [6.45, 7) is 3.04. The lowest BCUT2D eigenvalue weighted by atomic mass is 9.99. The third kappa shape index (κ3) is 3.57. The third-order valence-corrected chi connectivity index (χ3v) is 3.84. The second-order valence-corrected chi connectivity index (χ2v) is 5.04. The minimum Gasteiger partial charge on any atom is -0.508 e. The molecule has 1 heterocycles. The Balaban J connectivity index is 2.42. The molecule has 0 aromatic heterocycles. The molecule has 1 fully saturated rings. The summed E-state index contributed by atoms with van der Waals surface area (Å²) in [6, 6.07) is 2.97. The first kappa shape index (κ1) is 15.9. The molecule has 0 amide bonds. The van der Waals surface area contributed by atoms with Crippen molar-refractivity contribution < 1.29 is 19.0 Å². The average molecular weight is 298 g/mol. The number of hydrogen-bond acceptors (Lipinski definition) is 5. The molecule has 1 aromatic carbocycles. The number of alkyl halides is 1. The maximum atomic E-state index is 13.1. The van der Waals surface area contributed by atoms with Crippen molar-refractivity contribution in [2.24, 2.45) is 0 Å². The molecule has 1 aliphatic heterocycles. The summed E-state index contributed by atoms with van der Waals surface area (Å²) in [6.07, 6.45) is 0.373. The maximum absolute atomic E-state index is 13.1. The molecule has 1 saturated heterocycles. The molecule has 6 heteroatoms. The van der Waals surface area contributed by atoms with Gasteiger partial charge in [-0.1, -0.05) is 0 Å². The first-order valence-electron chi connectivity index (χ1n) is 7.16. The van der Waals surface area contributed by atoms with Crippen molar-refractivity contribution in [3.8, 4) is 17.2 Å². The molecule has 0 unspecified atom stereocenters. The van der Waals surface area contributed by atoms with Gasteiger partial charge in [-0.05, 0) is 6.42 Å². The van der Waals surface area contributed by atoms with Gasteiger partial charge in [0.05, 0.1) is 26.5 Å². The average Bonchev–Trinajstić information content (AvgIpc) is 2.53. The van der Waals surface area contributed by atoms with E-state index in [0.29, 0.717) is 17.9 Å². The van der Waals surface area contributed by atoms with Crippen LogP contribution in [-0.4, -0.2) is 57.1 Å². The van der Waals surface area contributed by atoms with Crippen molar-refractivity contribution in [1.82, 2.24) is 10.2 Å². The fourth-order valence-corrected chi connectivity index (χ4v) is 2.86. The van der Waals surface area contributed by atoms with Crippen molar-refractivity contribution in [1.29, 1.82) is 0 Å². The number of phenolic OH excluding ortho intramolecular Hbond substituents is 1. The zero-order chi connectivity index (χ0) is 15.2. The highest BCUT2D eigenvalue weighted by atomic mass is 19.1. The Morgan fingerprint density at radius 1 is 1.24 bits per heavy atom. The predicted molar refractivity (Wildman–Crippen MR) is 79.0 cm³/mol. The van der Waals surface area contributed by atoms with Crippen LogP contribution in [0.1, 0.15) is 18.0 Å². The van der Waals surface area contributed by atoms with Gasteiger partial charge in [0, 0.05) is 44.4 Å². The number of halogens is 1. The molecular formula is C15H23FN2O3. The third-order valence-electron chi connectivity index (χ3n) is 3.84. The lowest BCUT2D eigenvalue weighted by Crippen LogP contribution is -2.45. The van der Waals surface area contributed by atoms with Crippen LogP contribution in [-0.2, 0) is 0 Å². The van der Waals surface area contributed by atoms with Crippen LogP contribution in [0.25, 0.3) is 0 Å². The Labute approximate surface area is 124 Å². The predicted octanol–water partition coefficient (Wildman–Crippen LogP) is 1.72. The summed E-state index contributed by atoms with van der Waals surface area (Å²) >= 11 is 0. The fourth-order valence-electron chi connectivity index (χ4n) is 2.86. The molecule has 21 heavy (non-hydrogen) atoms. The van der Waals surface area contributed by atoms with Crippen LogP contribution in [0.5, 0.6) is 17.2 Å². The second kappa shape index (κ2) is 7.47. The number of rotatable bonds is 6. The Bertz CT molecular complexity index is 439. The van der Waals surface area contributed by atoms with Gasteiger partial charge in [-0.2, -0.15) is 0 Å². The summed E-state index contributed by atoms with van der Waals surface area (Å²) < 4.78 is 23.8. The van der Waals surface area contributed by atoms with E-state index < -0.39 is 6.67 Å². The van der Waals surface area contributed by atoms with Crippen LogP contribution < -0.4 is 14.8 Å². The minimum atomic E-state index is -0.415. The van der Waals surface area contributed by atoms with Crippen LogP contribution in [0.2, 0.25) is 0 Å². The molecule has 118 valence electrons. The van der Waals surface area contributed by atoms with E-state index in [1.54, 1.807) is 26.4 Å². The van der Waals surface area contributed by atoms with Crippen LogP contribution in [0.3, 0.4) is 0 Å². The number of nitrogens with zero attached hydrogens (tertiary/aromatic N) is 1. The highest BCUT2D eigenvalue weighted by Gasteiger charge is 2.28. The molecule has 1 atom stereocenters. The van der Waals surface area contributed by atoms with E-state index in [9.17, 15) is 9.50 Å². The molecule has 1 aromatic rings. The second-order valence-electron chi connectivity index (χ2n) is 5.04. The molecule has 0 aliphatic carbocycles. The lowest BCUT2D eigenvalue weighted by Gasteiger charge is -2.36. The molecule has 0 bridgehead atoms. The van der Waals surface area contributed by atoms with Crippen molar-refractivity contribution in [2.45, 2.75) is 12.5 Å². The first-order valence-corrected chi connectivity index (χ1v) is 7.16. The van der Waals surface area contributed by atoms with E-state index in [0.717, 1.165) is 31.7 Å². The first-order chi connectivity index (χ1) is 10.2. The molecular weight excluding hydrogens is 275 g/mol. The number of nitrogens with one attached hydrogen (secondary N) is 1. The molecule has 5 nitrogen and oxygen atoms in total. The van der Waals surface area contributed by atoms with Gasteiger partial charge in [0.1, 0.15) is 17.2 Å². The van der Waals surface area contributed by atoms with Gasteiger partial charge < -0.3 is 19.9 Å². The number of aromatic hydroxyl groups is 1. The number of phenols is 1. The number of hydrogen-bond donors (Lipinski definition) is 2. The van der Waals surface area contributed by atoms with Gasteiger partial charge >= 0.3 is 0 Å². The summed E-state index contributed by atoms with van der Waals surface area (Å²) in [7, 11) is 3.09. The van der Waals surface area contributed by atoms with E-state index in [-0.39, 0.29) is 11.8 Å². The Kier molecular flexibility index (Phi) is 5.64. The molecule has 0 spiro atoms. The lowest BCUT2D eigenvalue weighted by molar-refractivity contribution is 0.152. The number of benzene rings is 1. The van der Waals surface area contributed by atoms with Crippen molar-refractivity contribution in [3.05, 3.63) is 17.7 Å². The van der Waals surface area contributed by atoms with E-state index >= 15 is 0 Å². The highest BCUT2D eigenvalue weighted by molar-refractivity contribution is 5.52. The highest BCUT2D eigenvalue weighted by Crippen LogP contribution is 2.41. The van der Waals surface area contributed by atoms with E-state index in [2.05, 4.69) is 10.2 Å². The summed E-state index contributed by atoms with van der Waals surface area (Å²) in [4.78, 5) is 2.23. The van der Waals surface area contributed by atoms with Gasteiger partial charge in [-0.25, -0.2) is 0 Å². The van der Waals surface area contributed by atoms with Crippen molar-refractivity contribution in [2.75, 3.05) is 47.1 Å². The molecule has 2 rings (SSSR count). The van der Waals surface area contributed by atoms with E-state index in [4.69, 9.17) is 9.47 Å². The van der Waals surface area contributed by atoms with Crippen molar-refractivity contribution in [3.63, 3.8) is 0 Å². The molecule has 1 aliphatic rings. The minimum absolute atomic E-state index is 0.0757. The summed E-state index contributed by atoms with van der Waals surface area (Å²) in [5.41, 5.74) is 0.803. The number of piperazine rings is 1. The Morgan fingerprint density at radius 3 is 2.29 bits per heavy atom. The van der Waals surface area contributed by atoms with Gasteiger partial charge in [0.15, 0.2) is 0 Å². The standard InChI is InChI=1S/C15H23FN2O3/c1-20-13-9-11(19)10-14(21-2)15(13)12(3-4-16)18-7-5-17-6-8-18/h9-10,12,17,19H,3-8H2,1-2H3/t12-/m1/s1. The zero-order valence-corrected chi connectivity index (χ0v) is 12.6.